The molecule has 144 valence electrons. The molecule has 0 atom stereocenters. The van der Waals surface area contributed by atoms with Gasteiger partial charge in [-0.2, -0.15) is 0 Å². The lowest BCUT2D eigenvalue weighted by atomic mass is 10.2. The molecular weight excluding hydrogens is 356 g/mol. The van der Waals surface area contributed by atoms with Crippen molar-refractivity contribution in [3.8, 4) is 0 Å². The maximum Gasteiger partial charge on any atom is 0.270 e. The molecule has 3 aromatic rings. The van der Waals surface area contributed by atoms with Crippen LogP contribution in [0.2, 0.25) is 0 Å². The molecule has 28 heavy (non-hydrogen) atoms. The Labute approximate surface area is 163 Å². The van der Waals surface area contributed by atoms with E-state index in [1.165, 1.54) is 0 Å². The SMILES string of the molecule is Cc1nc(C(=O)NCc2ccco2)cc(N2CCN(c3ccccn3)CC2)n1. The lowest BCUT2D eigenvalue weighted by molar-refractivity contribution is 0.0942. The second-order valence-corrected chi connectivity index (χ2v) is 6.58. The van der Waals surface area contributed by atoms with Gasteiger partial charge in [-0.3, -0.25) is 4.79 Å². The molecule has 1 amide bonds. The number of carbonyl (C=O) groups excluding carboxylic acids is 1. The number of amides is 1. The van der Waals surface area contributed by atoms with Crippen LogP contribution in [0, 0.1) is 6.92 Å². The molecule has 0 bridgehead atoms. The number of rotatable bonds is 5. The minimum Gasteiger partial charge on any atom is -0.467 e. The van der Waals surface area contributed by atoms with Crippen LogP contribution in [-0.4, -0.2) is 47.0 Å². The zero-order chi connectivity index (χ0) is 19.3. The molecule has 0 spiro atoms. The molecule has 1 N–H and O–H groups in total. The van der Waals surface area contributed by atoms with E-state index in [1.54, 1.807) is 25.3 Å². The summed E-state index contributed by atoms with van der Waals surface area (Å²) in [6.45, 7) is 5.44. The van der Waals surface area contributed by atoms with Gasteiger partial charge in [-0.15, -0.1) is 0 Å². The van der Waals surface area contributed by atoms with Gasteiger partial charge >= 0.3 is 0 Å². The van der Waals surface area contributed by atoms with Crippen molar-refractivity contribution in [1.29, 1.82) is 0 Å². The van der Waals surface area contributed by atoms with E-state index in [2.05, 4.69) is 30.1 Å². The second-order valence-electron chi connectivity index (χ2n) is 6.58. The summed E-state index contributed by atoms with van der Waals surface area (Å²) < 4.78 is 5.24. The molecule has 8 nitrogen and oxygen atoms in total. The Hall–Kier alpha value is -3.42. The predicted octanol–water partition coefficient (Wildman–Crippen LogP) is 2.03. The van der Waals surface area contributed by atoms with Crippen LogP contribution < -0.4 is 15.1 Å². The first kappa shape index (κ1) is 18.0. The van der Waals surface area contributed by atoms with E-state index in [-0.39, 0.29) is 5.91 Å². The zero-order valence-electron chi connectivity index (χ0n) is 15.7. The van der Waals surface area contributed by atoms with Gasteiger partial charge in [0.25, 0.3) is 5.91 Å². The van der Waals surface area contributed by atoms with Crippen molar-refractivity contribution in [2.45, 2.75) is 13.5 Å². The molecule has 1 aliphatic heterocycles. The largest absolute Gasteiger partial charge is 0.467 e. The molecule has 0 radical (unpaired) electrons. The molecule has 1 fully saturated rings. The topological polar surface area (TPSA) is 87.4 Å². The molecular formula is C20H22N6O2. The minimum atomic E-state index is -0.240. The number of furan rings is 1. The summed E-state index contributed by atoms with van der Waals surface area (Å²) in [7, 11) is 0. The highest BCUT2D eigenvalue weighted by atomic mass is 16.3. The van der Waals surface area contributed by atoms with Gasteiger partial charge in [-0.25, -0.2) is 15.0 Å². The maximum absolute atomic E-state index is 12.5. The van der Waals surface area contributed by atoms with Crippen LogP contribution in [0.3, 0.4) is 0 Å². The number of piperazine rings is 1. The fourth-order valence-corrected chi connectivity index (χ4v) is 3.21. The maximum atomic E-state index is 12.5. The monoisotopic (exact) mass is 378 g/mol. The zero-order valence-corrected chi connectivity index (χ0v) is 15.7. The number of aryl methyl sites for hydroxylation is 1. The van der Waals surface area contributed by atoms with E-state index >= 15 is 0 Å². The van der Waals surface area contributed by atoms with E-state index in [9.17, 15) is 4.79 Å². The number of nitrogens with zero attached hydrogens (tertiary/aromatic N) is 5. The molecule has 3 aromatic heterocycles. The average molecular weight is 378 g/mol. The van der Waals surface area contributed by atoms with E-state index in [0.717, 1.165) is 37.8 Å². The Kier molecular flexibility index (Phi) is 5.18. The van der Waals surface area contributed by atoms with Crippen LogP contribution in [0.15, 0.2) is 53.3 Å². The molecule has 1 saturated heterocycles. The Balaban J connectivity index is 1.42. The van der Waals surface area contributed by atoms with Crippen LogP contribution in [0.25, 0.3) is 0 Å². The molecule has 0 saturated carbocycles. The van der Waals surface area contributed by atoms with Crippen LogP contribution in [0.4, 0.5) is 11.6 Å². The normalized spacial score (nSPS) is 14.2. The summed E-state index contributed by atoms with van der Waals surface area (Å²) in [5, 5.41) is 2.83. The number of hydrogen-bond acceptors (Lipinski definition) is 7. The van der Waals surface area contributed by atoms with Gasteiger partial charge in [-0.05, 0) is 31.2 Å². The summed E-state index contributed by atoms with van der Waals surface area (Å²) in [4.78, 5) is 30.2. The number of carbonyl (C=O) groups is 1. The summed E-state index contributed by atoms with van der Waals surface area (Å²) >= 11 is 0. The third-order valence-corrected chi connectivity index (χ3v) is 4.64. The Bertz CT molecular complexity index is 921. The van der Waals surface area contributed by atoms with Gasteiger partial charge in [0.1, 0.15) is 28.9 Å². The molecule has 0 unspecified atom stereocenters. The highest BCUT2D eigenvalue weighted by molar-refractivity contribution is 5.92. The van der Waals surface area contributed by atoms with Crippen molar-refractivity contribution in [2.75, 3.05) is 36.0 Å². The average Bonchev–Trinajstić information content (AvgIpc) is 3.26. The summed E-state index contributed by atoms with van der Waals surface area (Å²) in [5.74, 6) is 2.79. The van der Waals surface area contributed by atoms with Crippen molar-refractivity contribution in [1.82, 2.24) is 20.3 Å². The number of hydrogen-bond donors (Lipinski definition) is 1. The van der Waals surface area contributed by atoms with Gasteiger partial charge in [-0.1, -0.05) is 6.07 Å². The Morgan fingerprint density at radius 2 is 1.86 bits per heavy atom. The van der Waals surface area contributed by atoms with Crippen molar-refractivity contribution < 1.29 is 9.21 Å². The molecule has 1 aliphatic rings. The van der Waals surface area contributed by atoms with Crippen molar-refractivity contribution >= 4 is 17.5 Å². The van der Waals surface area contributed by atoms with Crippen LogP contribution in [-0.2, 0) is 6.54 Å². The summed E-state index contributed by atoms with van der Waals surface area (Å²) in [6.07, 6.45) is 3.39. The van der Waals surface area contributed by atoms with E-state index < -0.39 is 0 Å². The summed E-state index contributed by atoms with van der Waals surface area (Å²) in [5.41, 5.74) is 0.362. The molecule has 4 rings (SSSR count). The van der Waals surface area contributed by atoms with Crippen LogP contribution in [0.5, 0.6) is 0 Å². The standard InChI is InChI=1S/C20H22N6O2/c1-15-23-17(20(27)22-14-16-5-4-12-28-16)13-19(24-15)26-10-8-25(9-11-26)18-6-2-3-7-21-18/h2-7,12-13H,8-11,14H2,1H3,(H,22,27). The number of aromatic nitrogens is 3. The summed E-state index contributed by atoms with van der Waals surface area (Å²) in [6, 6.07) is 11.3. The third kappa shape index (κ3) is 4.11. The van der Waals surface area contributed by atoms with Gasteiger partial charge in [0.05, 0.1) is 12.8 Å². The molecule has 0 aliphatic carbocycles. The minimum absolute atomic E-state index is 0.240. The quantitative estimate of drug-likeness (QED) is 0.727. The van der Waals surface area contributed by atoms with Crippen molar-refractivity contribution in [2.24, 2.45) is 0 Å². The Morgan fingerprint density at radius 1 is 1.07 bits per heavy atom. The smallest absolute Gasteiger partial charge is 0.270 e. The van der Waals surface area contributed by atoms with Crippen molar-refractivity contribution in [3.63, 3.8) is 0 Å². The predicted molar refractivity (Wildman–Crippen MR) is 105 cm³/mol. The van der Waals surface area contributed by atoms with Gasteiger partial charge in [0.15, 0.2) is 0 Å². The fraction of sp³-hybridized carbons (Fsp3) is 0.300. The van der Waals surface area contributed by atoms with Crippen LogP contribution >= 0.6 is 0 Å². The van der Waals surface area contributed by atoms with Gasteiger partial charge < -0.3 is 19.5 Å². The van der Waals surface area contributed by atoms with E-state index in [4.69, 9.17) is 4.42 Å². The first-order chi connectivity index (χ1) is 13.7. The fourth-order valence-electron chi connectivity index (χ4n) is 3.21. The van der Waals surface area contributed by atoms with Crippen LogP contribution in [0.1, 0.15) is 22.1 Å². The van der Waals surface area contributed by atoms with Gasteiger partial charge in [0, 0.05) is 38.4 Å². The molecule has 8 heteroatoms. The lowest BCUT2D eigenvalue weighted by Gasteiger charge is -2.36. The highest BCUT2D eigenvalue weighted by Crippen LogP contribution is 2.18. The highest BCUT2D eigenvalue weighted by Gasteiger charge is 2.21. The van der Waals surface area contributed by atoms with Gasteiger partial charge in [0.2, 0.25) is 0 Å². The number of anilines is 2. The van der Waals surface area contributed by atoms with E-state index in [1.807, 2.05) is 30.5 Å². The third-order valence-electron chi connectivity index (χ3n) is 4.64. The first-order valence-electron chi connectivity index (χ1n) is 9.26. The van der Waals surface area contributed by atoms with Crippen molar-refractivity contribution in [3.05, 3.63) is 66.1 Å². The Morgan fingerprint density at radius 3 is 2.54 bits per heavy atom. The second kappa shape index (κ2) is 8.08. The lowest BCUT2D eigenvalue weighted by Crippen LogP contribution is -2.47. The van der Waals surface area contributed by atoms with E-state index in [0.29, 0.717) is 23.8 Å². The number of pyridine rings is 1. The molecule has 4 heterocycles. The molecule has 0 aromatic carbocycles. The number of nitrogens with one attached hydrogen (secondary N) is 1. The first-order valence-corrected chi connectivity index (χ1v) is 9.26.